The van der Waals surface area contributed by atoms with Gasteiger partial charge in [-0.15, -0.1) is 17.0 Å². The first-order chi connectivity index (χ1) is 9.65. The number of halogens is 1. The smallest absolute Gasteiger partial charge is 0.228 e. The van der Waals surface area contributed by atoms with Gasteiger partial charge in [-0.25, -0.2) is 0 Å². The number of nitrogens with one attached hydrogen (secondary N) is 1. The van der Waals surface area contributed by atoms with E-state index in [0.29, 0.717) is 12.1 Å². The summed E-state index contributed by atoms with van der Waals surface area (Å²) in [6.07, 6.45) is 3.64. The molecule has 1 amide bonds. The first-order valence-electron chi connectivity index (χ1n) is 7.51. The van der Waals surface area contributed by atoms with Gasteiger partial charge in [0.1, 0.15) is 5.75 Å². The predicted octanol–water partition coefficient (Wildman–Crippen LogP) is 3.13. The van der Waals surface area contributed by atoms with Crippen LogP contribution < -0.4 is 5.32 Å². The Morgan fingerprint density at radius 3 is 2.48 bits per heavy atom. The summed E-state index contributed by atoms with van der Waals surface area (Å²) in [6.45, 7) is 7.64. The van der Waals surface area contributed by atoms with E-state index in [1.807, 2.05) is 6.07 Å². The third kappa shape index (κ3) is 4.45. The maximum atomic E-state index is 11.5. The van der Waals surface area contributed by atoms with E-state index >= 15 is 0 Å². The maximum Gasteiger partial charge on any atom is 0.228 e. The van der Waals surface area contributed by atoms with E-state index in [1.165, 1.54) is 5.56 Å². The Morgan fingerprint density at radius 2 is 1.86 bits per heavy atom. The fourth-order valence-corrected chi connectivity index (χ4v) is 2.84. The van der Waals surface area contributed by atoms with Gasteiger partial charge in [0.15, 0.2) is 0 Å². The van der Waals surface area contributed by atoms with E-state index < -0.39 is 0 Å². The molecule has 0 aromatic heterocycles. The van der Waals surface area contributed by atoms with Crippen molar-refractivity contribution in [3.63, 3.8) is 0 Å². The molecule has 118 valence electrons. The number of carbonyl (C=O) groups excluding carboxylic acids is 1. The molecule has 0 spiro atoms. The SMILES string of the molecule is Br.CCCN(CCC)CCc1ccc(O)c2c1CC(=O)N2. The van der Waals surface area contributed by atoms with E-state index in [4.69, 9.17) is 0 Å². The zero-order valence-corrected chi connectivity index (χ0v) is 14.5. The molecule has 0 aliphatic carbocycles. The third-order valence-electron chi connectivity index (χ3n) is 3.77. The summed E-state index contributed by atoms with van der Waals surface area (Å²) < 4.78 is 0. The molecule has 1 aromatic rings. The van der Waals surface area contributed by atoms with Crippen LogP contribution in [0.25, 0.3) is 0 Å². The molecule has 4 nitrogen and oxygen atoms in total. The normalized spacial score (nSPS) is 13.0. The second kappa shape index (κ2) is 8.39. The van der Waals surface area contributed by atoms with Crippen LogP contribution in [0.3, 0.4) is 0 Å². The van der Waals surface area contributed by atoms with E-state index in [0.717, 1.165) is 44.5 Å². The Kier molecular flexibility index (Phi) is 7.18. The summed E-state index contributed by atoms with van der Waals surface area (Å²) in [6, 6.07) is 3.63. The van der Waals surface area contributed by atoms with E-state index in [9.17, 15) is 9.90 Å². The molecule has 21 heavy (non-hydrogen) atoms. The largest absolute Gasteiger partial charge is 0.506 e. The molecule has 0 unspecified atom stereocenters. The van der Waals surface area contributed by atoms with Crippen molar-refractivity contribution < 1.29 is 9.90 Å². The Balaban J connectivity index is 0.00000220. The van der Waals surface area contributed by atoms with E-state index in [1.54, 1.807) is 6.07 Å². The minimum absolute atomic E-state index is 0. The molecule has 1 aromatic carbocycles. The lowest BCUT2D eigenvalue weighted by molar-refractivity contribution is -0.115. The molecule has 0 atom stereocenters. The summed E-state index contributed by atoms with van der Waals surface area (Å²) in [7, 11) is 0. The lowest BCUT2D eigenvalue weighted by Crippen LogP contribution is -2.28. The number of aromatic hydroxyl groups is 1. The van der Waals surface area contributed by atoms with Gasteiger partial charge in [0.05, 0.1) is 12.1 Å². The highest BCUT2D eigenvalue weighted by atomic mass is 79.9. The van der Waals surface area contributed by atoms with E-state index in [2.05, 4.69) is 24.1 Å². The van der Waals surface area contributed by atoms with E-state index in [-0.39, 0.29) is 28.6 Å². The zero-order valence-electron chi connectivity index (χ0n) is 12.8. The van der Waals surface area contributed by atoms with Gasteiger partial charge in [0.2, 0.25) is 5.91 Å². The van der Waals surface area contributed by atoms with Gasteiger partial charge in [0, 0.05) is 6.54 Å². The van der Waals surface area contributed by atoms with Gasteiger partial charge in [0.25, 0.3) is 0 Å². The van der Waals surface area contributed by atoms with Crippen LogP contribution in [-0.2, 0) is 17.6 Å². The van der Waals surface area contributed by atoms with Crippen LogP contribution >= 0.6 is 17.0 Å². The van der Waals surface area contributed by atoms with Crippen LogP contribution in [0.4, 0.5) is 5.69 Å². The first-order valence-corrected chi connectivity index (χ1v) is 7.51. The number of hydrogen-bond donors (Lipinski definition) is 2. The Hall–Kier alpha value is -1.07. The molecule has 2 N–H and O–H groups in total. The molecule has 0 saturated heterocycles. The molecular formula is C16H25BrN2O2. The minimum atomic E-state index is -0.0262. The Bertz CT molecular complexity index is 485. The second-order valence-corrected chi connectivity index (χ2v) is 5.41. The molecule has 5 heteroatoms. The van der Waals surface area contributed by atoms with Crippen LogP contribution in [0.5, 0.6) is 5.75 Å². The monoisotopic (exact) mass is 356 g/mol. The number of phenolic OH excluding ortho intramolecular Hbond substituents is 1. The number of fused-ring (bicyclic) bond motifs is 1. The number of nitrogens with zero attached hydrogens (tertiary/aromatic N) is 1. The topological polar surface area (TPSA) is 52.6 Å². The van der Waals surface area contributed by atoms with Crippen molar-refractivity contribution in [1.29, 1.82) is 0 Å². The van der Waals surface area contributed by atoms with Crippen molar-refractivity contribution in [3.8, 4) is 5.75 Å². The number of anilines is 1. The van der Waals surface area contributed by atoms with Crippen LogP contribution in [0.1, 0.15) is 37.8 Å². The van der Waals surface area contributed by atoms with Crippen LogP contribution in [-0.4, -0.2) is 35.5 Å². The molecule has 1 aliphatic rings. The molecule has 1 aliphatic heterocycles. The molecule has 0 radical (unpaired) electrons. The van der Waals surface area contributed by atoms with Gasteiger partial charge >= 0.3 is 0 Å². The number of phenols is 1. The summed E-state index contributed by atoms with van der Waals surface area (Å²) in [5.74, 6) is 0.148. The maximum absolute atomic E-state index is 11.5. The quantitative estimate of drug-likeness (QED) is 0.738. The molecule has 1 heterocycles. The number of benzene rings is 1. The average molecular weight is 357 g/mol. The van der Waals surface area contributed by atoms with Gasteiger partial charge in [-0.05, 0) is 49.5 Å². The van der Waals surface area contributed by atoms with Crippen LogP contribution in [0.2, 0.25) is 0 Å². The van der Waals surface area contributed by atoms with Gasteiger partial charge in [-0.3, -0.25) is 4.79 Å². The van der Waals surface area contributed by atoms with Gasteiger partial charge in [-0.1, -0.05) is 19.9 Å². The summed E-state index contributed by atoms with van der Waals surface area (Å²) in [4.78, 5) is 14.0. The van der Waals surface area contributed by atoms with Gasteiger partial charge in [-0.2, -0.15) is 0 Å². The fourth-order valence-electron chi connectivity index (χ4n) is 2.84. The van der Waals surface area contributed by atoms with Crippen molar-refractivity contribution in [2.75, 3.05) is 25.0 Å². The predicted molar refractivity (Wildman–Crippen MR) is 91.5 cm³/mol. The van der Waals surface area contributed by atoms with Crippen molar-refractivity contribution in [2.24, 2.45) is 0 Å². The highest BCUT2D eigenvalue weighted by Gasteiger charge is 2.23. The lowest BCUT2D eigenvalue weighted by Gasteiger charge is -2.21. The zero-order chi connectivity index (χ0) is 14.5. The molecular weight excluding hydrogens is 332 g/mol. The standard InChI is InChI=1S/C16H24N2O2.BrH/c1-3-8-18(9-4-2)10-7-12-5-6-14(19)16-13(12)11-15(20)17-16;/h5-6,19H,3-4,7-11H2,1-2H3,(H,17,20);1H. The van der Waals surface area contributed by atoms with Crippen LogP contribution in [0.15, 0.2) is 12.1 Å². The number of hydrogen-bond acceptors (Lipinski definition) is 3. The van der Waals surface area contributed by atoms with Crippen molar-refractivity contribution in [2.45, 2.75) is 39.5 Å². The lowest BCUT2D eigenvalue weighted by atomic mass is 10.0. The average Bonchev–Trinajstić information content (AvgIpc) is 2.81. The molecule has 2 rings (SSSR count). The third-order valence-corrected chi connectivity index (χ3v) is 3.77. The number of rotatable bonds is 7. The second-order valence-electron chi connectivity index (χ2n) is 5.41. The molecule has 0 fully saturated rings. The number of carbonyl (C=O) groups is 1. The summed E-state index contributed by atoms with van der Waals surface area (Å²) in [5.41, 5.74) is 2.77. The number of amides is 1. The van der Waals surface area contributed by atoms with Crippen molar-refractivity contribution in [3.05, 3.63) is 23.3 Å². The van der Waals surface area contributed by atoms with Crippen molar-refractivity contribution >= 4 is 28.6 Å². The summed E-state index contributed by atoms with van der Waals surface area (Å²) >= 11 is 0. The first kappa shape index (κ1) is 18.0. The minimum Gasteiger partial charge on any atom is -0.506 e. The molecule has 0 bridgehead atoms. The highest BCUT2D eigenvalue weighted by molar-refractivity contribution is 8.93. The van der Waals surface area contributed by atoms with Crippen LogP contribution in [0, 0.1) is 0 Å². The molecule has 0 saturated carbocycles. The Labute approximate surface area is 137 Å². The Morgan fingerprint density at radius 1 is 1.19 bits per heavy atom. The summed E-state index contributed by atoms with van der Waals surface area (Å²) in [5, 5.41) is 12.5. The van der Waals surface area contributed by atoms with Gasteiger partial charge < -0.3 is 15.3 Å². The highest BCUT2D eigenvalue weighted by Crippen LogP contribution is 2.35. The fraction of sp³-hybridized carbons (Fsp3) is 0.562. The van der Waals surface area contributed by atoms with Crippen molar-refractivity contribution in [1.82, 2.24) is 4.90 Å².